The van der Waals surface area contributed by atoms with Crippen LogP contribution in [0.5, 0.6) is 0 Å². The van der Waals surface area contributed by atoms with Crippen LogP contribution in [0.3, 0.4) is 0 Å². The maximum absolute atomic E-state index is 14.9. The highest BCUT2D eigenvalue weighted by Gasteiger charge is 2.50. The molecule has 2 amide bonds. The Labute approximate surface area is 709 Å². The quantitative estimate of drug-likeness (QED) is 0.0188. The van der Waals surface area contributed by atoms with E-state index in [4.69, 9.17) is 33.2 Å². The number of aliphatic hydroxyl groups excluding tert-OH is 4. The van der Waals surface area contributed by atoms with Crippen LogP contribution in [0.4, 0.5) is 0 Å². The van der Waals surface area contributed by atoms with Crippen molar-refractivity contribution in [2.75, 3.05) is 13.2 Å². The molecule has 19 nitrogen and oxygen atoms in total. The molecule has 0 aromatic rings. The van der Waals surface area contributed by atoms with E-state index in [2.05, 4.69) is 52.2 Å². The van der Waals surface area contributed by atoms with E-state index in [0.717, 1.165) is 148 Å². The Kier molecular flexibility index (Phi) is 71.6. The monoisotopic (exact) mass is 1650 g/mol. The number of rotatable bonds is 82. The fourth-order valence-electron chi connectivity index (χ4n) is 16.7. The number of ether oxygens (including phenoxy) is 7. The van der Waals surface area contributed by atoms with Crippen molar-refractivity contribution >= 4 is 35.7 Å². The second-order valence-electron chi connectivity index (χ2n) is 35.3. The van der Waals surface area contributed by atoms with E-state index in [1.54, 1.807) is 6.92 Å². The molecule has 2 fully saturated rings. The number of unbranched alkanes of at least 4 members (excludes halogenated alkanes) is 54. The summed E-state index contributed by atoms with van der Waals surface area (Å²) in [5.41, 5.74) is 0. The molecule has 0 aromatic carbocycles. The predicted molar refractivity (Wildman–Crippen MR) is 470 cm³/mol. The largest absolute Gasteiger partial charge is 0.462 e. The zero-order valence-corrected chi connectivity index (χ0v) is 75.8. The summed E-state index contributed by atoms with van der Waals surface area (Å²) in [6.45, 7) is 13.9. The van der Waals surface area contributed by atoms with E-state index < -0.39 is 110 Å². The molecule has 682 valence electrons. The van der Waals surface area contributed by atoms with Gasteiger partial charge in [-0.1, -0.05) is 395 Å². The first kappa shape index (κ1) is 109. The van der Waals surface area contributed by atoms with Gasteiger partial charge in [0.15, 0.2) is 12.6 Å². The summed E-state index contributed by atoms with van der Waals surface area (Å²) < 4.78 is 43.8. The maximum atomic E-state index is 14.9. The lowest BCUT2D eigenvalue weighted by molar-refractivity contribution is -0.292. The number of amides is 2. The summed E-state index contributed by atoms with van der Waals surface area (Å²) in [6, 6.07) is -2.79. The maximum Gasteiger partial charge on any atom is 0.309 e. The minimum atomic E-state index is -1.86. The molecular weight excluding hydrogens is 1470 g/mol. The van der Waals surface area contributed by atoms with Crippen LogP contribution < -0.4 is 10.6 Å². The number of nitrogens with one attached hydrogen (secondary N) is 2. The van der Waals surface area contributed by atoms with Crippen LogP contribution in [0.1, 0.15) is 492 Å². The van der Waals surface area contributed by atoms with E-state index in [0.29, 0.717) is 38.5 Å². The van der Waals surface area contributed by atoms with Crippen LogP contribution in [0, 0.1) is 5.92 Å². The molecular formula is C97H182N2O17. The molecule has 0 bridgehead atoms. The van der Waals surface area contributed by atoms with Gasteiger partial charge in [-0.15, -0.1) is 0 Å². The van der Waals surface area contributed by atoms with E-state index in [9.17, 15) is 49.2 Å². The number of esters is 4. The summed E-state index contributed by atoms with van der Waals surface area (Å²) >= 11 is 0. The van der Waals surface area contributed by atoms with E-state index >= 15 is 0 Å². The van der Waals surface area contributed by atoms with Crippen LogP contribution in [0.2, 0.25) is 0 Å². The SMILES string of the molecule is CCCCCCCCCCCCCCCC(=O)O[C@H](CCCCCCCCCCC)CC(=O)NC1[C@H](O)OC(CO[C@@H]2OC(CO)[C@@H](C)[C@H](OC(=O)C[C@@H](CCCCCCCCCCC)OC(=O)CCCCCCCCCCCCC)C2NC(=O)C[C@@H](CCCCCCCCCCC)OC(=O)CCCCCCCCCCC)[C@@H](O)[C@@H]1O. The highest BCUT2D eigenvalue weighted by Crippen LogP contribution is 2.33. The van der Waals surface area contributed by atoms with Gasteiger partial charge in [-0.05, 0) is 57.8 Å². The lowest BCUT2D eigenvalue weighted by Crippen LogP contribution is -2.66. The third-order valence-corrected chi connectivity index (χ3v) is 24.3. The summed E-state index contributed by atoms with van der Waals surface area (Å²) in [5.74, 6) is -3.70. The zero-order chi connectivity index (χ0) is 84.5. The lowest BCUT2D eigenvalue weighted by atomic mass is 9.88. The van der Waals surface area contributed by atoms with Gasteiger partial charge < -0.3 is 64.2 Å². The predicted octanol–water partition coefficient (Wildman–Crippen LogP) is 23.4. The van der Waals surface area contributed by atoms with Crippen molar-refractivity contribution in [1.29, 1.82) is 0 Å². The number of carbonyl (C=O) groups is 6. The molecule has 0 spiro atoms. The topological polar surface area (TPSA) is 272 Å². The van der Waals surface area contributed by atoms with Crippen LogP contribution >= 0.6 is 0 Å². The molecule has 0 radical (unpaired) electrons. The smallest absolute Gasteiger partial charge is 0.309 e. The Balaban J connectivity index is 2.45. The highest BCUT2D eigenvalue weighted by molar-refractivity contribution is 5.79. The van der Waals surface area contributed by atoms with Gasteiger partial charge in [0, 0.05) is 25.2 Å². The summed E-state index contributed by atoms with van der Waals surface area (Å²) in [6.07, 6.45) is 55.6. The molecule has 2 aliphatic heterocycles. The van der Waals surface area contributed by atoms with E-state index in [1.807, 2.05) is 0 Å². The molecule has 6 N–H and O–H groups in total. The van der Waals surface area contributed by atoms with Gasteiger partial charge in [0.2, 0.25) is 11.8 Å². The van der Waals surface area contributed by atoms with Crippen molar-refractivity contribution in [1.82, 2.24) is 10.6 Å². The van der Waals surface area contributed by atoms with Gasteiger partial charge in [0.1, 0.15) is 54.8 Å². The Morgan fingerprint density at radius 3 is 0.879 bits per heavy atom. The molecule has 19 heteroatoms. The molecule has 2 heterocycles. The fourth-order valence-corrected chi connectivity index (χ4v) is 16.7. The second kappa shape index (κ2) is 76.4. The number of aliphatic hydroxyl groups is 4. The van der Waals surface area contributed by atoms with Gasteiger partial charge in [-0.25, -0.2) is 0 Å². The Morgan fingerprint density at radius 2 is 0.586 bits per heavy atom. The minimum absolute atomic E-state index is 0.226. The lowest BCUT2D eigenvalue weighted by Gasteiger charge is -2.46. The summed E-state index contributed by atoms with van der Waals surface area (Å²) in [5, 5.41) is 52.0. The zero-order valence-electron chi connectivity index (χ0n) is 75.8. The molecule has 4 unspecified atom stereocenters. The molecule has 2 rings (SSSR count). The van der Waals surface area contributed by atoms with Crippen molar-refractivity contribution in [3.05, 3.63) is 0 Å². The van der Waals surface area contributed by atoms with Gasteiger partial charge in [0.25, 0.3) is 0 Å². The third-order valence-electron chi connectivity index (χ3n) is 24.3. The standard InChI is InChI=1S/C97H182N2O17/c1-8-14-20-26-32-38-40-41-43-49-55-60-66-71-87(103)111-80(68-62-56-50-44-34-28-22-16-10-3)74-85(101)98-91-94(108)93(107)84(114-96(91)109)78-110-97-92(99-86(102)75-81(69-63-57-51-45-35-29-23-17-11-4)112-88(104)72-65-59-53-47-37-31-25-19-13-6)95(79(7)83(77-100)115-97)116-90(106)76-82(70-64-58-52-46-36-30-24-18-12-5)113-89(105)73-67-61-54-48-42-39-33-27-21-15-9-2/h79-84,91-97,100,107-109H,8-78H2,1-7H3,(H,98,101)(H,99,102)/t79-,80-,81-,82-,83?,84?,91?,92?,93-,94-,95+,96-,97-/m1/s1. The summed E-state index contributed by atoms with van der Waals surface area (Å²) in [4.78, 5) is 84.5. The molecule has 13 atom stereocenters. The Morgan fingerprint density at radius 1 is 0.319 bits per heavy atom. The van der Waals surface area contributed by atoms with Crippen molar-refractivity contribution in [3.8, 4) is 0 Å². The van der Waals surface area contributed by atoms with Gasteiger partial charge in [-0.2, -0.15) is 0 Å². The van der Waals surface area contributed by atoms with Gasteiger partial charge in [-0.3, -0.25) is 28.8 Å². The number of hydrogen-bond acceptors (Lipinski definition) is 17. The third kappa shape index (κ3) is 57.8. The first-order valence-corrected chi connectivity index (χ1v) is 49.5. The molecule has 0 aliphatic carbocycles. The summed E-state index contributed by atoms with van der Waals surface area (Å²) in [7, 11) is 0. The highest BCUT2D eigenvalue weighted by atomic mass is 16.7. The number of carbonyl (C=O) groups excluding carboxylic acids is 6. The van der Waals surface area contributed by atoms with Gasteiger partial charge >= 0.3 is 23.9 Å². The normalized spacial score (nSPS) is 20.3. The first-order chi connectivity index (χ1) is 56.5. The van der Waals surface area contributed by atoms with Crippen molar-refractivity contribution in [2.45, 2.75) is 565 Å². The molecule has 0 aromatic heterocycles. The van der Waals surface area contributed by atoms with Gasteiger partial charge in [0.05, 0.1) is 38.6 Å². The van der Waals surface area contributed by atoms with Crippen molar-refractivity contribution < 1.29 is 82.4 Å². The van der Waals surface area contributed by atoms with Crippen LogP contribution in [-0.4, -0.2) is 143 Å². The van der Waals surface area contributed by atoms with Crippen LogP contribution in [0.25, 0.3) is 0 Å². The van der Waals surface area contributed by atoms with Crippen molar-refractivity contribution in [3.63, 3.8) is 0 Å². The second-order valence-corrected chi connectivity index (χ2v) is 35.3. The minimum Gasteiger partial charge on any atom is -0.462 e. The average Bonchev–Trinajstić information content (AvgIpc) is 0.791. The fraction of sp³-hybridized carbons (Fsp3) is 0.938. The molecule has 116 heavy (non-hydrogen) atoms. The Hall–Kier alpha value is -3.46. The van der Waals surface area contributed by atoms with Crippen molar-refractivity contribution in [2.24, 2.45) is 5.92 Å². The van der Waals surface area contributed by atoms with E-state index in [1.165, 1.54) is 218 Å². The Bertz CT molecular complexity index is 2320. The molecule has 0 saturated carbocycles. The molecule has 2 aliphatic rings. The van der Waals surface area contributed by atoms with Crippen LogP contribution in [-0.2, 0) is 61.9 Å². The molecule has 2 saturated heterocycles. The van der Waals surface area contributed by atoms with Crippen LogP contribution in [0.15, 0.2) is 0 Å². The number of hydrogen-bond donors (Lipinski definition) is 6. The van der Waals surface area contributed by atoms with E-state index in [-0.39, 0.29) is 56.4 Å². The first-order valence-electron chi connectivity index (χ1n) is 49.5. The average molecular weight is 1650 g/mol.